The summed E-state index contributed by atoms with van der Waals surface area (Å²) < 4.78 is 0. The van der Waals surface area contributed by atoms with Gasteiger partial charge in [0.05, 0.1) is 5.69 Å². The first-order valence-electron chi connectivity index (χ1n) is 5.43. The molecule has 16 heavy (non-hydrogen) atoms. The second-order valence-corrected chi connectivity index (χ2v) is 4.08. The van der Waals surface area contributed by atoms with Crippen LogP contribution in [-0.2, 0) is 6.54 Å². The van der Waals surface area contributed by atoms with Crippen LogP contribution in [0.1, 0.15) is 16.8 Å². The number of aromatic nitrogens is 1. The summed E-state index contributed by atoms with van der Waals surface area (Å²) in [7, 11) is 0. The second kappa shape index (κ2) is 4.45. The molecule has 0 fully saturated rings. The van der Waals surface area contributed by atoms with E-state index in [1.165, 1.54) is 16.7 Å². The predicted molar refractivity (Wildman–Crippen MR) is 67.0 cm³/mol. The maximum atomic E-state index is 5.70. The van der Waals surface area contributed by atoms with Crippen LogP contribution in [0, 0.1) is 13.8 Å². The van der Waals surface area contributed by atoms with Crippen molar-refractivity contribution in [1.82, 2.24) is 4.98 Å². The van der Waals surface area contributed by atoms with Gasteiger partial charge in [-0.3, -0.25) is 4.98 Å². The Morgan fingerprint density at radius 3 is 2.44 bits per heavy atom. The van der Waals surface area contributed by atoms with Crippen LogP contribution in [-0.4, -0.2) is 4.98 Å². The largest absolute Gasteiger partial charge is 0.325 e. The maximum Gasteiger partial charge on any atom is 0.0617 e. The molecule has 0 amide bonds. The SMILES string of the molecule is Cc1cc(C)cc(-c2cccnc2CN)c1. The van der Waals surface area contributed by atoms with Gasteiger partial charge in [0, 0.05) is 18.3 Å². The lowest BCUT2D eigenvalue weighted by atomic mass is 9.99. The van der Waals surface area contributed by atoms with E-state index < -0.39 is 0 Å². The van der Waals surface area contributed by atoms with E-state index in [-0.39, 0.29) is 0 Å². The fourth-order valence-electron chi connectivity index (χ4n) is 1.99. The summed E-state index contributed by atoms with van der Waals surface area (Å²) in [5.41, 5.74) is 11.5. The summed E-state index contributed by atoms with van der Waals surface area (Å²) >= 11 is 0. The topological polar surface area (TPSA) is 38.9 Å². The number of nitrogens with two attached hydrogens (primary N) is 1. The van der Waals surface area contributed by atoms with Gasteiger partial charge in [-0.25, -0.2) is 0 Å². The third kappa shape index (κ3) is 2.12. The highest BCUT2D eigenvalue weighted by atomic mass is 14.7. The molecule has 0 aliphatic carbocycles. The third-order valence-corrected chi connectivity index (χ3v) is 2.62. The second-order valence-electron chi connectivity index (χ2n) is 4.08. The summed E-state index contributed by atoms with van der Waals surface area (Å²) in [4.78, 5) is 4.31. The van der Waals surface area contributed by atoms with Crippen molar-refractivity contribution in [2.24, 2.45) is 5.73 Å². The van der Waals surface area contributed by atoms with Gasteiger partial charge in [-0.15, -0.1) is 0 Å². The lowest BCUT2D eigenvalue weighted by Crippen LogP contribution is -2.01. The molecule has 0 radical (unpaired) electrons. The number of nitrogens with zero attached hydrogens (tertiary/aromatic N) is 1. The number of hydrogen-bond donors (Lipinski definition) is 1. The van der Waals surface area contributed by atoms with Gasteiger partial charge < -0.3 is 5.73 Å². The molecule has 0 spiro atoms. The van der Waals surface area contributed by atoms with Crippen molar-refractivity contribution < 1.29 is 0 Å². The fraction of sp³-hybridized carbons (Fsp3) is 0.214. The first-order valence-corrected chi connectivity index (χ1v) is 5.43. The quantitative estimate of drug-likeness (QED) is 0.831. The van der Waals surface area contributed by atoms with Crippen LogP contribution < -0.4 is 5.73 Å². The molecule has 0 aliphatic rings. The van der Waals surface area contributed by atoms with Crippen molar-refractivity contribution in [1.29, 1.82) is 0 Å². The summed E-state index contributed by atoms with van der Waals surface area (Å²) in [6, 6.07) is 10.5. The van der Waals surface area contributed by atoms with Gasteiger partial charge in [0.25, 0.3) is 0 Å². The zero-order valence-corrected chi connectivity index (χ0v) is 9.70. The minimum atomic E-state index is 0.475. The normalized spacial score (nSPS) is 10.4. The number of hydrogen-bond acceptors (Lipinski definition) is 2. The minimum Gasteiger partial charge on any atom is -0.325 e. The van der Waals surface area contributed by atoms with Crippen molar-refractivity contribution in [3.63, 3.8) is 0 Å². The molecule has 0 aliphatic heterocycles. The Bertz CT molecular complexity index is 484. The zero-order chi connectivity index (χ0) is 11.5. The number of aryl methyl sites for hydroxylation is 2. The van der Waals surface area contributed by atoms with Gasteiger partial charge in [0.2, 0.25) is 0 Å². The van der Waals surface area contributed by atoms with Gasteiger partial charge >= 0.3 is 0 Å². The van der Waals surface area contributed by atoms with E-state index in [1.807, 2.05) is 6.07 Å². The molecule has 2 nitrogen and oxygen atoms in total. The third-order valence-electron chi connectivity index (χ3n) is 2.62. The van der Waals surface area contributed by atoms with Crippen LogP contribution in [0.4, 0.5) is 0 Å². The van der Waals surface area contributed by atoms with E-state index >= 15 is 0 Å². The molecular weight excluding hydrogens is 196 g/mol. The van der Waals surface area contributed by atoms with Gasteiger partial charge in [-0.1, -0.05) is 35.4 Å². The number of rotatable bonds is 2. The standard InChI is InChI=1S/C14H16N2/c1-10-6-11(2)8-12(7-10)13-4-3-5-16-14(13)9-15/h3-8H,9,15H2,1-2H3. The van der Waals surface area contributed by atoms with Crippen molar-refractivity contribution in [2.45, 2.75) is 20.4 Å². The predicted octanol–water partition coefficient (Wildman–Crippen LogP) is 2.82. The highest BCUT2D eigenvalue weighted by Gasteiger charge is 2.05. The molecule has 82 valence electrons. The Labute approximate surface area is 96.1 Å². The minimum absolute atomic E-state index is 0.475. The monoisotopic (exact) mass is 212 g/mol. The van der Waals surface area contributed by atoms with Crippen LogP contribution >= 0.6 is 0 Å². The Hall–Kier alpha value is -1.67. The molecule has 0 saturated heterocycles. The Balaban J connectivity index is 2.58. The van der Waals surface area contributed by atoms with Gasteiger partial charge in [-0.05, 0) is 25.5 Å². The van der Waals surface area contributed by atoms with Crippen LogP contribution in [0.25, 0.3) is 11.1 Å². The molecular formula is C14H16N2. The Kier molecular flexibility index (Phi) is 3.02. The van der Waals surface area contributed by atoms with E-state index in [9.17, 15) is 0 Å². The molecule has 0 atom stereocenters. The highest BCUT2D eigenvalue weighted by molar-refractivity contribution is 5.67. The first kappa shape index (κ1) is 10.8. The van der Waals surface area contributed by atoms with E-state index in [1.54, 1.807) is 6.20 Å². The van der Waals surface area contributed by atoms with E-state index in [0.29, 0.717) is 6.54 Å². The van der Waals surface area contributed by atoms with E-state index in [0.717, 1.165) is 11.3 Å². The van der Waals surface area contributed by atoms with E-state index in [4.69, 9.17) is 5.73 Å². The van der Waals surface area contributed by atoms with Gasteiger partial charge in [0.1, 0.15) is 0 Å². The van der Waals surface area contributed by atoms with E-state index in [2.05, 4.69) is 43.1 Å². The number of benzene rings is 1. The molecule has 1 aromatic heterocycles. The highest BCUT2D eigenvalue weighted by Crippen LogP contribution is 2.24. The summed E-state index contributed by atoms with van der Waals surface area (Å²) in [6.45, 7) is 4.69. The van der Waals surface area contributed by atoms with Gasteiger partial charge in [0.15, 0.2) is 0 Å². The summed E-state index contributed by atoms with van der Waals surface area (Å²) in [5.74, 6) is 0. The average molecular weight is 212 g/mol. The molecule has 1 aromatic carbocycles. The van der Waals surface area contributed by atoms with Crippen molar-refractivity contribution in [3.8, 4) is 11.1 Å². The Morgan fingerprint density at radius 2 is 1.81 bits per heavy atom. The maximum absolute atomic E-state index is 5.70. The molecule has 2 rings (SSSR count). The molecule has 1 heterocycles. The average Bonchev–Trinajstić information content (AvgIpc) is 2.27. The van der Waals surface area contributed by atoms with Crippen molar-refractivity contribution in [2.75, 3.05) is 0 Å². The molecule has 0 unspecified atom stereocenters. The fourth-order valence-corrected chi connectivity index (χ4v) is 1.99. The molecule has 0 bridgehead atoms. The number of pyridine rings is 1. The lowest BCUT2D eigenvalue weighted by molar-refractivity contribution is 0.994. The summed E-state index contributed by atoms with van der Waals surface area (Å²) in [5, 5.41) is 0. The zero-order valence-electron chi connectivity index (χ0n) is 9.70. The van der Waals surface area contributed by atoms with Crippen LogP contribution in [0.5, 0.6) is 0 Å². The van der Waals surface area contributed by atoms with Crippen molar-refractivity contribution in [3.05, 3.63) is 53.3 Å². The Morgan fingerprint density at radius 1 is 1.12 bits per heavy atom. The molecule has 2 aromatic rings. The lowest BCUT2D eigenvalue weighted by Gasteiger charge is -2.08. The first-order chi connectivity index (χ1) is 7.70. The summed E-state index contributed by atoms with van der Waals surface area (Å²) in [6.07, 6.45) is 1.79. The van der Waals surface area contributed by atoms with Crippen LogP contribution in [0.15, 0.2) is 36.5 Å². The van der Waals surface area contributed by atoms with Crippen molar-refractivity contribution >= 4 is 0 Å². The molecule has 2 N–H and O–H groups in total. The van der Waals surface area contributed by atoms with Gasteiger partial charge in [-0.2, -0.15) is 0 Å². The van der Waals surface area contributed by atoms with Crippen LogP contribution in [0.2, 0.25) is 0 Å². The molecule has 0 saturated carbocycles. The molecule has 2 heteroatoms. The van der Waals surface area contributed by atoms with Crippen LogP contribution in [0.3, 0.4) is 0 Å². The smallest absolute Gasteiger partial charge is 0.0617 e.